The molecule has 3 aromatic rings. The van der Waals surface area contributed by atoms with Crippen LogP contribution in [0.2, 0.25) is 0 Å². The first-order valence-corrected chi connectivity index (χ1v) is 9.09. The lowest BCUT2D eigenvalue weighted by Crippen LogP contribution is -2.32. The number of hydrogen-bond donors (Lipinski definition) is 3. The van der Waals surface area contributed by atoms with E-state index in [1.165, 1.54) is 24.3 Å². The quantitative estimate of drug-likeness (QED) is 0.545. The Kier molecular flexibility index (Phi) is 4.64. The van der Waals surface area contributed by atoms with Crippen molar-refractivity contribution in [1.29, 1.82) is 0 Å². The van der Waals surface area contributed by atoms with Crippen molar-refractivity contribution in [2.45, 2.75) is 12.0 Å². The standard InChI is InChI=1S/C20H12O5.C3H7O/c21-11-5-7-15-17(9-11)24-18-10-12(22)6-8-16(18)20(15)14-4-2-1-3-13(14)19(23)25-20;1-2-3-4/h1-10,21-22H;4H,1-3H2. The van der Waals surface area contributed by atoms with Gasteiger partial charge in [0.05, 0.1) is 5.56 Å². The van der Waals surface area contributed by atoms with Crippen LogP contribution in [0.4, 0.5) is 0 Å². The lowest BCUT2D eigenvalue weighted by Gasteiger charge is -2.36. The minimum atomic E-state index is -1.17. The van der Waals surface area contributed by atoms with Crippen LogP contribution in [0.15, 0.2) is 60.7 Å². The number of hydrogen-bond acceptors (Lipinski definition) is 6. The number of carbonyl (C=O) groups is 1. The Hall–Kier alpha value is -3.51. The molecular formula is C23H19O6. The fourth-order valence-corrected chi connectivity index (χ4v) is 3.65. The molecule has 6 nitrogen and oxygen atoms in total. The molecule has 0 saturated carbocycles. The largest absolute Gasteiger partial charge is 0.508 e. The van der Waals surface area contributed by atoms with E-state index >= 15 is 0 Å². The molecule has 3 aromatic carbocycles. The molecule has 0 aliphatic carbocycles. The normalized spacial score (nSPS) is 14.6. The van der Waals surface area contributed by atoms with Crippen LogP contribution in [-0.4, -0.2) is 27.9 Å². The molecule has 0 unspecified atom stereocenters. The molecule has 2 aliphatic rings. The minimum Gasteiger partial charge on any atom is -0.508 e. The zero-order chi connectivity index (χ0) is 20.6. The number of carbonyl (C=O) groups excluding carboxylic acids is 1. The Balaban J connectivity index is 0.000000472. The number of fused-ring (bicyclic) bond motifs is 6. The molecule has 5 rings (SSSR count). The highest BCUT2D eigenvalue weighted by atomic mass is 16.6. The van der Waals surface area contributed by atoms with E-state index in [1.807, 2.05) is 12.1 Å². The molecule has 6 heteroatoms. The predicted molar refractivity (Wildman–Crippen MR) is 105 cm³/mol. The first-order chi connectivity index (χ1) is 14.0. The lowest BCUT2D eigenvalue weighted by atomic mass is 9.77. The van der Waals surface area contributed by atoms with Gasteiger partial charge in [0.25, 0.3) is 0 Å². The molecule has 3 N–H and O–H groups in total. The van der Waals surface area contributed by atoms with Gasteiger partial charge in [-0.25, -0.2) is 4.79 Å². The van der Waals surface area contributed by atoms with Crippen LogP contribution in [0.5, 0.6) is 23.0 Å². The highest BCUT2D eigenvalue weighted by Gasteiger charge is 2.53. The zero-order valence-corrected chi connectivity index (χ0v) is 15.5. The van der Waals surface area contributed by atoms with Gasteiger partial charge in [-0.3, -0.25) is 0 Å². The van der Waals surface area contributed by atoms with Crippen molar-refractivity contribution in [3.8, 4) is 23.0 Å². The molecular weight excluding hydrogens is 372 g/mol. The van der Waals surface area contributed by atoms with Crippen LogP contribution in [0.25, 0.3) is 0 Å². The molecule has 29 heavy (non-hydrogen) atoms. The van der Waals surface area contributed by atoms with Crippen molar-refractivity contribution < 1.29 is 29.6 Å². The molecule has 0 atom stereocenters. The third-order valence-corrected chi connectivity index (χ3v) is 4.84. The Labute approximate surface area is 167 Å². The number of esters is 1. The van der Waals surface area contributed by atoms with Crippen molar-refractivity contribution in [1.82, 2.24) is 0 Å². The average Bonchev–Trinajstić information content (AvgIpc) is 3.01. The summed E-state index contributed by atoms with van der Waals surface area (Å²) >= 11 is 0. The van der Waals surface area contributed by atoms with Crippen molar-refractivity contribution >= 4 is 5.97 Å². The number of rotatable bonds is 1. The second-order valence-electron chi connectivity index (χ2n) is 6.66. The van der Waals surface area contributed by atoms with Crippen molar-refractivity contribution in [3.63, 3.8) is 0 Å². The minimum absolute atomic E-state index is 0.0371. The number of ether oxygens (including phenoxy) is 2. The van der Waals surface area contributed by atoms with E-state index in [9.17, 15) is 15.0 Å². The van der Waals surface area contributed by atoms with Crippen molar-refractivity contribution in [3.05, 3.63) is 89.8 Å². The molecule has 1 spiro atoms. The van der Waals surface area contributed by atoms with Crippen LogP contribution in [0, 0.1) is 6.92 Å². The second kappa shape index (κ2) is 7.14. The van der Waals surface area contributed by atoms with Gasteiger partial charge in [0.15, 0.2) is 5.60 Å². The molecule has 0 amide bonds. The fraction of sp³-hybridized carbons (Fsp3) is 0.130. The predicted octanol–water partition coefficient (Wildman–Crippen LogP) is 3.87. The maximum absolute atomic E-state index is 12.5. The number of aliphatic hydroxyl groups is 1. The highest BCUT2D eigenvalue weighted by molar-refractivity contribution is 5.97. The summed E-state index contributed by atoms with van der Waals surface area (Å²) in [5.74, 6) is 0.408. The van der Waals surface area contributed by atoms with E-state index in [1.54, 1.807) is 24.3 Å². The SMILES string of the molecule is O=C1OC2(c3ccc(O)cc3Oc3cc(O)ccc32)c2ccccc21.[CH2]CCO. The van der Waals surface area contributed by atoms with Gasteiger partial charge in [-0.05, 0) is 36.8 Å². The van der Waals surface area contributed by atoms with E-state index < -0.39 is 11.6 Å². The van der Waals surface area contributed by atoms with Gasteiger partial charge in [0, 0.05) is 35.4 Å². The lowest BCUT2D eigenvalue weighted by molar-refractivity contribution is 0.0224. The van der Waals surface area contributed by atoms with Crippen LogP contribution in [0.1, 0.15) is 33.5 Å². The maximum Gasteiger partial charge on any atom is 0.340 e. The summed E-state index contributed by atoms with van der Waals surface area (Å²) in [5.41, 5.74) is 1.28. The van der Waals surface area contributed by atoms with Crippen LogP contribution in [-0.2, 0) is 10.3 Å². The average molecular weight is 391 g/mol. The Bertz CT molecular complexity index is 1030. The number of aromatic hydroxyl groups is 2. The topological polar surface area (TPSA) is 96.2 Å². The maximum atomic E-state index is 12.5. The summed E-state index contributed by atoms with van der Waals surface area (Å²) in [6, 6.07) is 16.6. The summed E-state index contributed by atoms with van der Waals surface area (Å²) in [4.78, 5) is 12.5. The van der Waals surface area contributed by atoms with Gasteiger partial charge in [0.2, 0.25) is 0 Å². The summed E-state index contributed by atoms with van der Waals surface area (Å²) in [6.07, 6.45) is 0.625. The summed E-state index contributed by atoms with van der Waals surface area (Å²) in [6.45, 7) is 3.56. The third-order valence-electron chi connectivity index (χ3n) is 4.84. The van der Waals surface area contributed by atoms with Crippen molar-refractivity contribution in [2.75, 3.05) is 6.61 Å². The number of aliphatic hydroxyl groups excluding tert-OH is 1. The van der Waals surface area contributed by atoms with Gasteiger partial charge in [-0.2, -0.15) is 0 Å². The van der Waals surface area contributed by atoms with Gasteiger partial charge in [-0.15, -0.1) is 0 Å². The van der Waals surface area contributed by atoms with E-state index in [0.717, 1.165) is 0 Å². The Morgan fingerprint density at radius 3 is 1.97 bits per heavy atom. The molecule has 0 saturated heterocycles. The first kappa shape index (κ1) is 18.8. The number of phenols is 2. The van der Waals surface area contributed by atoms with Crippen LogP contribution >= 0.6 is 0 Å². The summed E-state index contributed by atoms with van der Waals surface area (Å²) < 4.78 is 11.8. The second-order valence-corrected chi connectivity index (χ2v) is 6.66. The van der Waals surface area contributed by atoms with Gasteiger partial charge < -0.3 is 24.8 Å². The monoisotopic (exact) mass is 391 g/mol. The number of phenolic OH excluding ortho intramolecular Hbond substituents is 2. The zero-order valence-electron chi connectivity index (χ0n) is 15.5. The third kappa shape index (κ3) is 2.89. The van der Waals surface area contributed by atoms with E-state index in [4.69, 9.17) is 14.6 Å². The van der Waals surface area contributed by atoms with Crippen LogP contribution < -0.4 is 4.74 Å². The fourth-order valence-electron chi connectivity index (χ4n) is 3.65. The Morgan fingerprint density at radius 1 is 0.862 bits per heavy atom. The summed E-state index contributed by atoms with van der Waals surface area (Å²) in [5, 5.41) is 27.5. The van der Waals surface area contributed by atoms with Gasteiger partial charge in [-0.1, -0.05) is 25.1 Å². The molecule has 2 aliphatic heterocycles. The molecule has 1 radical (unpaired) electrons. The molecule has 0 fully saturated rings. The van der Waals surface area contributed by atoms with Crippen molar-refractivity contribution in [2.24, 2.45) is 0 Å². The van der Waals surface area contributed by atoms with Gasteiger partial charge in [0.1, 0.15) is 23.0 Å². The Morgan fingerprint density at radius 2 is 1.41 bits per heavy atom. The molecule has 0 bridgehead atoms. The van der Waals surface area contributed by atoms with E-state index in [0.29, 0.717) is 40.2 Å². The summed E-state index contributed by atoms with van der Waals surface area (Å²) in [7, 11) is 0. The highest BCUT2D eigenvalue weighted by Crippen LogP contribution is 2.56. The molecule has 147 valence electrons. The number of benzene rings is 3. The van der Waals surface area contributed by atoms with Crippen LogP contribution in [0.3, 0.4) is 0 Å². The first-order valence-electron chi connectivity index (χ1n) is 9.09. The van der Waals surface area contributed by atoms with E-state index in [-0.39, 0.29) is 18.1 Å². The van der Waals surface area contributed by atoms with E-state index in [2.05, 4.69) is 6.92 Å². The molecule has 0 aromatic heterocycles. The molecule has 2 heterocycles. The van der Waals surface area contributed by atoms with Gasteiger partial charge >= 0.3 is 5.97 Å². The smallest absolute Gasteiger partial charge is 0.340 e.